The van der Waals surface area contributed by atoms with E-state index in [0.29, 0.717) is 26.1 Å². The van der Waals surface area contributed by atoms with Crippen molar-refractivity contribution in [3.63, 3.8) is 0 Å². The van der Waals surface area contributed by atoms with Crippen molar-refractivity contribution in [3.8, 4) is 0 Å². The molecule has 4 heterocycles. The molecule has 2 atom stereocenters. The number of aromatic nitrogens is 2. The smallest absolute Gasteiger partial charge is 0.228 e. The number of hydrogen-bond donors (Lipinski definition) is 0. The lowest BCUT2D eigenvalue weighted by Crippen LogP contribution is -2.44. The summed E-state index contributed by atoms with van der Waals surface area (Å²) in [6.07, 6.45) is 7.60. The number of hydrogen-bond acceptors (Lipinski definition) is 4. The molecule has 2 unspecified atom stereocenters. The SMILES string of the molecule is O=C1CC(C(=O)N2CCCC(n3cccn3)C2)CN1Cc1ccco1. The molecule has 2 aromatic heterocycles. The minimum absolute atomic E-state index is 0.0235. The van der Waals surface area contributed by atoms with Gasteiger partial charge in [0.2, 0.25) is 11.8 Å². The molecule has 0 aliphatic carbocycles. The lowest BCUT2D eigenvalue weighted by Gasteiger charge is -2.34. The Kier molecular flexibility index (Phi) is 4.29. The fraction of sp³-hybridized carbons (Fsp3) is 0.500. The summed E-state index contributed by atoms with van der Waals surface area (Å²) >= 11 is 0. The van der Waals surface area contributed by atoms with Gasteiger partial charge >= 0.3 is 0 Å². The van der Waals surface area contributed by atoms with Crippen LogP contribution in [0.25, 0.3) is 0 Å². The van der Waals surface area contributed by atoms with Crippen molar-refractivity contribution in [2.24, 2.45) is 5.92 Å². The predicted molar refractivity (Wildman–Crippen MR) is 89.3 cm³/mol. The topological polar surface area (TPSA) is 71.6 Å². The third kappa shape index (κ3) is 3.31. The van der Waals surface area contributed by atoms with Crippen LogP contribution in [0.5, 0.6) is 0 Å². The summed E-state index contributed by atoms with van der Waals surface area (Å²) in [5.41, 5.74) is 0. The van der Waals surface area contributed by atoms with Crippen LogP contribution in [0.3, 0.4) is 0 Å². The van der Waals surface area contributed by atoms with E-state index < -0.39 is 0 Å². The maximum atomic E-state index is 12.9. The number of likely N-dealkylation sites (tertiary alicyclic amines) is 2. The first kappa shape index (κ1) is 15.9. The van der Waals surface area contributed by atoms with Gasteiger partial charge in [-0.15, -0.1) is 0 Å². The van der Waals surface area contributed by atoms with Gasteiger partial charge in [-0.1, -0.05) is 0 Å². The van der Waals surface area contributed by atoms with Crippen molar-refractivity contribution in [3.05, 3.63) is 42.6 Å². The monoisotopic (exact) mass is 342 g/mol. The number of nitrogens with zero attached hydrogens (tertiary/aromatic N) is 4. The Hall–Kier alpha value is -2.57. The zero-order valence-corrected chi connectivity index (χ0v) is 14.1. The molecule has 2 saturated heterocycles. The van der Waals surface area contributed by atoms with Crippen LogP contribution in [0.2, 0.25) is 0 Å². The number of piperidine rings is 1. The predicted octanol–water partition coefficient (Wildman–Crippen LogP) is 1.69. The van der Waals surface area contributed by atoms with E-state index >= 15 is 0 Å². The Balaban J connectivity index is 1.38. The fourth-order valence-electron chi connectivity index (χ4n) is 3.81. The van der Waals surface area contributed by atoms with Crippen LogP contribution >= 0.6 is 0 Å². The van der Waals surface area contributed by atoms with Gasteiger partial charge in [-0.3, -0.25) is 14.3 Å². The first-order valence-electron chi connectivity index (χ1n) is 8.79. The minimum atomic E-state index is -0.251. The van der Waals surface area contributed by atoms with Gasteiger partial charge in [-0.05, 0) is 31.0 Å². The van der Waals surface area contributed by atoms with Crippen molar-refractivity contribution in [1.82, 2.24) is 19.6 Å². The molecule has 2 aliphatic rings. The Morgan fingerprint density at radius 2 is 2.24 bits per heavy atom. The lowest BCUT2D eigenvalue weighted by molar-refractivity contribution is -0.137. The molecule has 0 bridgehead atoms. The second-order valence-corrected chi connectivity index (χ2v) is 6.82. The second kappa shape index (κ2) is 6.74. The summed E-state index contributed by atoms with van der Waals surface area (Å²) in [6, 6.07) is 5.79. The van der Waals surface area contributed by atoms with E-state index in [4.69, 9.17) is 4.42 Å². The molecule has 7 nitrogen and oxygen atoms in total. The summed E-state index contributed by atoms with van der Waals surface area (Å²) in [5.74, 6) is 0.611. The average Bonchev–Trinajstić information content (AvgIpc) is 3.38. The van der Waals surface area contributed by atoms with E-state index in [2.05, 4.69) is 5.10 Å². The number of carbonyl (C=O) groups excluding carboxylic acids is 2. The molecular formula is C18H22N4O3. The van der Waals surface area contributed by atoms with E-state index in [9.17, 15) is 9.59 Å². The average molecular weight is 342 g/mol. The van der Waals surface area contributed by atoms with E-state index in [-0.39, 0.29) is 23.8 Å². The van der Waals surface area contributed by atoms with Gasteiger partial charge in [-0.25, -0.2) is 0 Å². The third-order valence-corrected chi connectivity index (χ3v) is 5.10. The summed E-state index contributed by atoms with van der Waals surface area (Å²) < 4.78 is 7.25. The molecule has 0 aromatic carbocycles. The number of amides is 2. The van der Waals surface area contributed by atoms with Gasteiger partial charge in [0, 0.05) is 38.4 Å². The lowest BCUT2D eigenvalue weighted by atomic mass is 10.0. The van der Waals surface area contributed by atoms with E-state index in [1.165, 1.54) is 0 Å². The summed E-state index contributed by atoms with van der Waals surface area (Å²) in [6.45, 7) is 2.34. The molecule has 0 saturated carbocycles. The van der Waals surface area contributed by atoms with Crippen molar-refractivity contribution in [2.45, 2.75) is 31.8 Å². The van der Waals surface area contributed by atoms with Crippen molar-refractivity contribution >= 4 is 11.8 Å². The maximum Gasteiger partial charge on any atom is 0.228 e. The highest BCUT2D eigenvalue weighted by molar-refractivity contribution is 5.89. The summed E-state index contributed by atoms with van der Waals surface area (Å²) in [4.78, 5) is 28.8. The molecule has 7 heteroatoms. The minimum Gasteiger partial charge on any atom is -0.467 e. The molecule has 0 N–H and O–H groups in total. The fourth-order valence-corrected chi connectivity index (χ4v) is 3.81. The Morgan fingerprint density at radius 1 is 1.32 bits per heavy atom. The molecule has 2 aromatic rings. The van der Waals surface area contributed by atoms with Crippen LogP contribution in [0.1, 0.15) is 31.1 Å². The van der Waals surface area contributed by atoms with E-state index in [1.807, 2.05) is 34.0 Å². The normalized spacial score (nSPS) is 24.1. The first-order valence-corrected chi connectivity index (χ1v) is 8.79. The van der Waals surface area contributed by atoms with Crippen LogP contribution in [0.4, 0.5) is 0 Å². The third-order valence-electron chi connectivity index (χ3n) is 5.10. The molecule has 4 rings (SSSR count). The number of rotatable bonds is 4. The quantitative estimate of drug-likeness (QED) is 0.848. The van der Waals surface area contributed by atoms with Crippen molar-refractivity contribution < 1.29 is 14.0 Å². The Bertz CT molecular complexity index is 726. The van der Waals surface area contributed by atoms with Crippen molar-refractivity contribution in [2.75, 3.05) is 19.6 Å². The summed E-state index contributed by atoms with van der Waals surface area (Å²) in [7, 11) is 0. The summed E-state index contributed by atoms with van der Waals surface area (Å²) in [5, 5.41) is 4.30. The maximum absolute atomic E-state index is 12.9. The standard InChI is InChI=1S/C18H22N4O3/c23-17-10-14(11-21(17)13-16-5-2-9-25-16)18(24)20-7-1-4-15(12-20)22-8-3-6-19-22/h2-3,5-6,8-9,14-15H,1,4,7,10-13H2. The largest absolute Gasteiger partial charge is 0.467 e. The molecule has 2 fully saturated rings. The van der Waals surface area contributed by atoms with Gasteiger partial charge < -0.3 is 14.2 Å². The van der Waals surface area contributed by atoms with Gasteiger partial charge in [0.1, 0.15) is 5.76 Å². The molecule has 2 amide bonds. The molecule has 132 valence electrons. The second-order valence-electron chi connectivity index (χ2n) is 6.82. The van der Waals surface area contributed by atoms with Gasteiger partial charge in [0.15, 0.2) is 0 Å². The van der Waals surface area contributed by atoms with Crippen LogP contribution in [-0.4, -0.2) is 51.0 Å². The van der Waals surface area contributed by atoms with Gasteiger partial charge in [0.05, 0.1) is 24.8 Å². The molecule has 0 spiro atoms. The van der Waals surface area contributed by atoms with Gasteiger partial charge in [-0.2, -0.15) is 5.10 Å². The van der Waals surface area contributed by atoms with E-state index in [0.717, 1.165) is 25.1 Å². The highest BCUT2D eigenvalue weighted by Crippen LogP contribution is 2.26. The zero-order chi connectivity index (χ0) is 17.2. The Morgan fingerprint density at radius 3 is 3.00 bits per heavy atom. The molecular weight excluding hydrogens is 320 g/mol. The zero-order valence-electron chi connectivity index (χ0n) is 14.1. The van der Waals surface area contributed by atoms with Crippen LogP contribution in [-0.2, 0) is 16.1 Å². The van der Waals surface area contributed by atoms with E-state index in [1.54, 1.807) is 17.4 Å². The molecule has 2 aliphatic heterocycles. The molecule has 0 radical (unpaired) electrons. The molecule has 25 heavy (non-hydrogen) atoms. The van der Waals surface area contributed by atoms with Gasteiger partial charge in [0.25, 0.3) is 0 Å². The highest BCUT2D eigenvalue weighted by Gasteiger charge is 2.38. The highest BCUT2D eigenvalue weighted by atomic mass is 16.3. The number of furan rings is 1. The Labute approximate surface area is 146 Å². The van der Waals surface area contributed by atoms with Crippen molar-refractivity contribution in [1.29, 1.82) is 0 Å². The number of carbonyl (C=O) groups is 2. The van der Waals surface area contributed by atoms with Crippen LogP contribution in [0.15, 0.2) is 41.3 Å². The van der Waals surface area contributed by atoms with Crippen LogP contribution < -0.4 is 0 Å². The first-order chi connectivity index (χ1) is 12.2. The van der Waals surface area contributed by atoms with Crippen LogP contribution in [0, 0.1) is 5.92 Å².